The topological polar surface area (TPSA) is 56.3 Å². The zero-order chi connectivity index (χ0) is 14.5. The third-order valence-electron chi connectivity index (χ3n) is 3.27. The van der Waals surface area contributed by atoms with Crippen LogP contribution in [0.15, 0.2) is 29.1 Å². The number of aliphatic hydroxyl groups is 1. The third kappa shape index (κ3) is 3.56. The fourth-order valence-corrected chi connectivity index (χ4v) is 3.04. The van der Waals surface area contributed by atoms with Crippen molar-refractivity contribution in [1.29, 1.82) is 0 Å². The Morgan fingerprint density at radius 3 is 2.60 bits per heavy atom. The van der Waals surface area contributed by atoms with Gasteiger partial charge in [0.25, 0.3) is 0 Å². The second-order valence-corrected chi connectivity index (χ2v) is 5.89. The first-order chi connectivity index (χ1) is 9.63. The highest BCUT2D eigenvalue weighted by Crippen LogP contribution is 2.24. The lowest BCUT2D eigenvalue weighted by molar-refractivity contribution is 0.218. The fourth-order valence-electron chi connectivity index (χ4n) is 2.11. The number of benzene rings is 1. The lowest BCUT2D eigenvalue weighted by Gasteiger charge is -2.14. The van der Waals surface area contributed by atoms with Crippen LogP contribution in [0.5, 0.6) is 0 Å². The summed E-state index contributed by atoms with van der Waals surface area (Å²) in [6, 6.07) is 8.28. The van der Waals surface area contributed by atoms with Gasteiger partial charge >= 0.3 is 4.87 Å². The molecule has 0 radical (unpaired) electrons. The zero-order valence-electron chi connectivity index (χ0n) is 11.8. The van der Waals surface area contributed by atoms with Gasteiger partial charge in [-0.2, -0.15) is 0 Å². The predicted molar refractivity (Wildman–Crippen MR) is 83.2 cm³/mol. The Balaban J connectivity index is 2.28. The standard InChI is InChI=1S/C15H20N2O2S/c1-3-11-4-6-12(7-5-11)14-13(20-15(19)16-14)10-17(2)8-9-18/h4-7,18H,3,8-10H2,1-2H3,(H,16,19). The van der Waals surface area contributed by atoms with E-state index < -0.39 is 0 Å². The number of hydrogen-bond acceptors (Lipinski definition) is 4. The smallest absolute Gasteiger partial charge is 0.305 e. The summed E-state index contributed by atoms with van der Waals surface area (Å²) in [6.07, 6.45) is 1.01. The zero-order valence-corrected chi connectivity index (χ0v) is 12.7. The number of H-pyrrole nitrogens is 1. The molecule has 0 fully saturated rings. The van der Waals surface area contributed by atoms with Crippen LogP contribution in [0.4, 0.5) is 0 Å². The van der Waals surface area contributed by atoms with Gasteiger partial charge in [0.05, 0.1) is 12.3 Å². The van der Waals surface area contributed by atoms with Crippen molar-refractivity contribution in [2.75, 3.05) is 20.2 Å². The number of thiazole rings is 1. The number of aromatic amines is 1. The molecule has 0 amide bonds. The van der Waals surface area contributed by atoms with Gasteiger partial charge in [0.1, 0.15) is 0 Å². The Morgan fingerprint density at radius 1 is 1.30 bits per heavy atom. The van der Waals surface area contributed by atoms with Gasteiger partial charge in [-0.1, -0.05) is 42.5 Å². The van der Waals surface area contributed by atoms with Crippen molar-refractivity contribution in [2.24, 2.45) is 0 Å². The molecule has 0 aliphatic heterocycles. The van der Waals surface area contributed by atoms with Crippen LogP contribution in [0.3, 0.4) is 0 Å². The van der Waals surface area contributed by atoms with Crippen LogP contribution in [0.2, 0.25) is 0 Å². The van der Waals surface area contributed by atoms with Crippen molar-refractivity contribution in [3.63, 3.8) is 0 Å². The van der Waals surface area contributed by atoms with Crippen molar-refractivity contribution < 1.29 is 5.11 Å². The summed E-state index contributed by atoms with van der Waals surface area (Å²) in [6.45, 7) is 3.50. The van der Waals surface area contributed by atoms with Gasteiger partial charge in [-0.05, 0) is 24.6 Å². The van der Waals surface area contributed by atoms with E-state index in [1.807, 2.05) is 24.1 Å². The second kappa shape index (κ2) is 6.83. The maximum Gasteiger partial charge on any atom is 0.305 e. The van der Waals surface area contributed by atoms with Crippen LogP contribution in [0.25, 0.3) is 11.3 Å². The van der Waals surface area contributed by atoms with Crippen molar-refractivity contribution in [3.05, 3.63) is 44.4 Å². The molecule has 0 spiro atoms. The Kier molecular flexibility index (Phi) is 5.11. The van der Waals surface area contributed by atoms with Crippen LogP contribution < -0.4 is 4.87 Å². The SMILES string of the molecule is CCc1ccc(-c2[nH]c(=O)sc2CN(C)CCO)cc1. The molecular formula is C15H20N2O2S. The van der Waals surface area contributed by atoms with Gasteiger partial charge in [-0.15, -0.1) is 0 Å². The van der Waals surface area contributed by atoms with E-state index in [0.29, 0.717) is 13.1 Å². The van der Waals surface area contributed by atoms with E-state index in [0.717, 1.165) is 22.6 Å². The van der Waals surface area contributed by atoms with Crippen molar-refractivity contribution in [1.82, 2.24) is 9.88 Å². The minimum Gasteiger partial charge on any atom is -0.395 e. The Morgan fingerprint density at radius 2 is 2.00 bits per heavy atom. The van der Waals surface area contributed by atoms with Crippen LogP contribution >= 0.6 is 11.3 Å². The van der Waals surface area contributed by atoms with E-state index in [9.17, 15) is 4.79 Å². The van der Waals surface area contributed by atoms with E-state index in [2.05, 4.69) is 24.0 Å². The molecule has 1 heterocycles. The van der Waals surface area contributed by atoms with Gasteiger partial charge in [-0.3, -0.25) is 9.69 Å². The molecule has 4 nitrogen and oxygen atoms in total. The van der Waals surface area contributed by atoms with Gasteiger partial charge in [0.15, 0.2) is 0 Å². The van der Waals surface area contributed by atoms with Gasteiger partial charge in [-0.25, -0.2) is 0 Å². The highest BCUT2D eigenvalue weighted by Gasteiger charge is 2.12. The number of likely N-dealkylation sites (N-methyl/N-ethyl adjacent to an activating group) is 1. The molecule has 2 N–H and O–H groups in total. The summed E-state index contributed by atoms with van der Waals surface area (Å²) in [4.78, 5) is 17.5. The lowest BCUT2D eigenvalue weighted by atomic mass is 10.1. The summed E-state index contributed by atoms with van der Waals surface area (Å²) in [5.74, 6) is 0. The average Bonchev–Trinajstić information content (AvgIpc) is 2.80. The minimum absolute atomic E-state index is 0.0352. The second-order valence-electron chi connectivity index (χ2n) is 4.82. The van der Waals surface area contributed by atoms with E-state index in [1.165, 1.54) is 16.9 Å². The van der Waals surface area contributed by atoms with Crippen LogP contribution in [0, 0.1) is 0 Å². The number of nitrogens with one attached hydrogen (secondary N) is 1. The Bertz CT molecular complexity index is 601. The number of hydrogen-bond donors (Lipinski definition) is 2. The normalized spacial score (nSPS) is 11.2. The van der Waals surface area contributed by atoms with Crippen molar-refractivity contribution in [3.8, 4) is 11.3 Å². The summed E-state index contributed by atoms with van der Waals surface area (Å²) < 4.78 is 0. The highest BCUT2D eigenvalue weighted by molar-refractivity contribution is 7.09. The average molecular weight is 292 g/mol. The Labute approximate surface area is 122 Å². The van der Waals surface area contributed by atoms with Gasteiger partial charge < -0.3 is 10.1 Å². The predicted octanol–water partition coefficient (Wildman–Crippen LogP) is 2.09. The van der Waals surface area contributed by atoms with E-state index >= 15 is 0 Å². The van der Waals surface area contributed by atoms with E-state index in [4.69, 9.17) is 5.11 Å². The van der Waals surface area contributed by atoms with E-state index in [-0.39, 0.29) is 11.5 Å². The summed E-state index contributed by atoms with van der Waals surface area (Å²) >= 11 is 1.24. The molecule has 1 aromatic carbocycles. The first-order valence-corrected chi connectivity index (χ1v) is 7.56. The molecular weight excluding hydrogens is 272 g/mol. The molecule has 1 aromatic heterocycles. The molecule has 0 bridgehead atoms. The molecule has 0 aliphatic rings. The molecule has 0 atom stereocenters. The van der Waals surface area contributed by atoms with Crippen molar-refractivity contribution >= 4 is 11.3 Å². The van der Waals surface area contributed by atoms with Crippen LogP contribution in [0.1, 0.15) is 17.4 Å². The fraction of sp³-hybridized carbons (Fsp3) is 0.400. The van der Waals surface area contributed by atoms with Crippen LogP contribution in [-0.2, 0) is 13.0 Å². The third-order valence-corrected chi connectivity index (χ3v) is 4.13. The van der Waals surface area contributed by atoms with Crippen LogP contribution in [-0.4, -0.2) is 35.2 Å². The van der Waals surface area contributed by atoms with Gasteiger partial charge in [0.2, 0.25) is 0 Å². The molecule has 20 heavy (non-hydrogen) atoms. The molecule has 2 rings (SSSR count). The quantitative estimate of drug-likeness (QED) is 0.857. The first-order valence-electron chi connectivity index (χ1n) is 6.74. The van der Waals surface area contributed by atoms with Gasteiger partial charge in [0, 0.05) is 18.0 Å². The molecule has 0 aliphatic carbocycles. The monoisotopic (exact) mass is 292 g/mol. The molecule has 0 saturated carbocycles. The number of aromatic nitrogens is 1. The number of nitrogens with zero attached hydrogens (tertiary/aromatic N) is 1. The number of aliphatic hydroxyl groups excluding tert-OH is 1. The number of aryl methyl sites for hydroxylation is 1. The summed E-state index contributed by atoms with van der Waals surface area (Å²) in [5.41, 5.74) is 3.21. The summed E-state index contributed by atoms with van der Waals surface area (Å²) in [7, 11) is 1.93. The summed E-state index contributed by atoms with van der Waals surface area (Å²) in [5, 5.41) is 8.96. The van der Waals surface area contributed by atoms with Crippen molar-refractivity contribution in [2.45, 2.75) is 19.9 Å². The van der Waals surface area contributed by atoms with E-state index in [1.54, 1.807) is 0 Å². The maximum absolute atomic E-state index is 11.6. The first kappa shape index (κ1) is 15.0. The largest absolute Gasteiger partial charge is 0.395 e. The molecule has 108 valence electrons. The molecule has 0 saturated heterocycles. The molecule has 0 unspecified atom stereocenters. The minimum atomic E-state index is -0.0352. The number of rotatable bonds is 6. The maximum atomic E-state index is 11.6. The molecule has 5 heteroatoms. The molecule has 2 aromatic rings. The highest BCUT2D eigenvalue weighted by atomic mass is 32.1. The lowest BCUT2D eigenvalue weighted by Crippen LogP contribution is -2.21. The Hall–Kier alpha value is -1.43.